The van der Waals surface area contributed by atoms with E-state index >= 15 is 0 Å². The normalized spacial score (nSPS) is 20.3. The van der Waals surface area contributed by atoms with Gasteiger partial charge in [0.05, 0.1) is 26.2 Å². The van der Waals surface area contributed by atoms with Crippen LogP contribution in [0.4, 0.5) is 0 Å². The number of carbonyl (C=O) groups excluding carboxylic acids is 2. The van der Waals surface area contributed by atoms with E-state index in [-0.39, 0.29) is 23.8 Å². The molecule has 0 aromatic heterocycles. The Bertz CT molecular complexity index is 617. The molecule has 0 spiro atoms. The van der Waals surface area contributed by atoms with E-state index in [0.29, 0.717) is 37.4 Å². The minimum absolute atomic E-state index is 0.00401. The van der Waals surface area contributed by atoms with Crippen molar-refractivity contribution in [2.24, 2.45) is 5.92 Å². The van der Waals surface area contributed by atoms with Crippen LogP contribution >= 0.6 is 0 Å². The third-order valence-corrected chi connectivity index (χ3v) is 4.69. The maximum Gasteiger partial charge on any atom is 0.225 e. The molecule has 1 aliphatic rings. The molecule has 2 amide bonds. The van der Waals surface area contributed by atoms with E-state index in [1.165, 1.54) is 0 Å². The highest BCUT2D eigenvalue weighted by molar-refractivity contribution is 5.85. The number of nitrogens with one attached hydrogen (secondary N) is 1. The molecule has 0 bridgehead atoms. The second-order valence-corrected chi connectivity index (χ2v) is 6.17. The molecule has 1 aliphatic heterocycles. The second-order valence-electron chi connectivity index (χ2n) is 6.17. The Balaban J connectivity index is 2.45. The van der Waals surface area contributed by atoms with Gasteiger partial charge in [-0.05, 0) is 31.9 Å². The molecule has 6 heteroatoms. The van der Waals surface area contributed by atoms with Gasteiger partial charge in [-0.2, -0.15) is 0 Å². The molecule has 0 radical (unpaired) electrons. The lowest BCUT2D eigenvalue weighted by Crippen LogP contribution is -2.48. The van der Waals surface area contributed by atoms with Gasteiger partial charge in [-0.3, -0.25) is 9.59 Å². The van der Waals surface area contributed by atoms with Gasteiger partial charge in [0.1, 0.15) is 11.5 Å². The lowest BCUT2D eigenvalue weighted by molar-refractivity contribution is -0.143. The fourth-order valence-corrected chi connectivity index (χ4v) is 3.43. The molecule has 138 valence electrons. The molecule has 1 aromatic carbocycles. The summed E-state index contributed by atoms with van der Waals surface area (Å²) >= 11 is 0. The van der Waals surface area contributed by atoms with Crippen molar-refractivity contribution >= 4 is 11.8 Å². The maximum absolute atomic E-state index is 12.7. The monoisotopic (exact) mass is 348 g/mol. The molecule has 0 unspecified atom stereocenters. The average molecular weight is 348 g/mol. The van der Waals surface area contributed by atoms with E-state index in [0.717, 1.165) is 12.0 Å². The zero-order chi connectivity index (χ0) is 18.4. The minimum atomic E-state index is -0.330. The van der Waals surface area contributed by atoms with Crippen molar-refractivity contribution in [2.45, 2.75) is 39.2 Å². The van der Waals surface area contributed by atoms with Gasteiger partial charge in [0.2, 0.25) is 11.8 Å². The molecule has 1 saturated heterocycles. The van der Waals surface area contributed by atoms with Crippen LogP contribution in [0.15, 0.2) is 18.2 Å². The van der Waals surface area contributed by atoms with Crippen molar-refractivity contribution in [3.63, 3.8) is 0 Å². The van der Waals surface area contributed by atoms with Crippen molar-refractivity contribution in [3.05, 3.63) is 23.8 Å². The van der Waals surface area contributed by atoms with Crippen LogP contribution in [0.3, 0.4) is 0 Å². The van der Waals surface area contributed by atoms with Gasteiger partial charge in [-0.25, -0.2) is 0 Å². The Kier molecular flexibility index (Phi) is 6.67. The first-order valence-electron chi connectivity index (χ1n) is 8.86. The molecule has 2 atom stereocenters. The zero-order valence-electron chi connectivity index (χ0n) is 15.5. The number of ether oxygens (including phenoxy) is 2. The first-order chi connectivity index (χ1) is 12.1. The molecule has 1 N–H and O–H groups in total. The third kappa shape index (κ3) is 4.06. The van der Waals surface area contributed by atoms with Crippen LogP contribution in [0.25, 0.3) is 0 Å². The van der Waals surface area contributed by atoms with Gasteiger partial charge in [-0.15, -0.1) is 0 Å². The Labute approximate surface area is 149 Å². The van der Waals surface area contributed by atoms with Crippen LogP contribution < -0.4 is 14.8 Å². The predicted octanol–water partition coefficient (Wildman–Crippen LogP) is 2.53. The molecule has 6 nitrogen and oxygen atoms in total. The number of hydrogen-bond acceptors (Lipinski definition) is 4. The van der Waals surface area contributed by atoms with E-state index in [1.54, 1.807) is 25.2 Å². The molecule has 0 aliphatic carbocycles. The SMILES string of the molecule is CCCNC(=O)[C@@H]1CCC(=O)N(CC)[C@H]1c1ccc(OC)cc1OC. The fourth-order valence-electron chi connectivity index (χ4n) is 3.43. The van der Waals surface area contributed by atoms with Crippen molar-refractivity contribution in [1.82, 2.24) is 10.2 Å². The molecule has 1 fully saturated rings. The summed E-state index contributed by atoms with van der Waals surface area (Å²) in [6.45, 7) is 5.15. The third-order valence-electron chi connectivity index (χ3n) is 4.69. The van der Waals surface area contributed by atoms with E-state index < -0.39 is 0 Å². The van der Waals surface area contributed by atoms with Gasteiger partial charge >= 0.3 is 0 Å². The smallest absolute Gasteiger partial charge is 0.225 e. The summed E-state index contributed by atoms with van der Waals surface area (Å²) in [6, 6.07) is 5.20. The van der Waals surface area contributed by atoms with E-state index in [2.05, 4.69) is 5.32 Å². The first-order valence-corrected chi connectivity index (χ1v) is 8.86. The summed E-state index contributed by atoms with van der Waals surface area (Å²) in [5.74, 6) is 1.09. The van der Waals surface area contributed by atoms with E-state index in [9.17, 15) is 9.59 Å². The van der Waals surface area contributed by atoms with Crippen LogP contribution in [0.5, 0.6) is 11.5 Å². The molecule has 1 aromatic rings. The number of piperidine rings is 1. The van der Waals surface area contributed by atoms with Crippen molar-refractivity contribution < 1.29 is 19.1 Å². The van der Waals surface area contributed by atoms with Crippen molar-refractivity contribution in [3.8, 4) is 11.5 Å². The lowest BCUT2D eigenvalue weighted by Gasteiger charge is -2.40. The van der Waals surface area contributed by atoms with Crippen LogP contribution in [-0.2, 0) is 9.59 Å². The summed E-state index contributed by atoms with van der Waals surface area (Å²) < 4.78 is 10.8. The quantitative estimate of drug-likeness (QED) is 0.822. The number of rotatable bonds is 7. The Morgan fingerprint density at radius 3 is 2.64 bits per heavy atom. The average Bonchev–Trinajstić information content (AvgIpc) is 2.65. The lowest BCUT2D eigenvalue weighted by atomic mass is 9.83. The van der Waals surface area contributed by atoms with E-state index in [1.807, 2.05) is 26.0 Å². The fraction of sp³-hybridized carbons (Fsp3) is 0.579. The van der Waals surface area contributed by atoms with Gasteiger partial charge < -0.3 is 19.7 Å². The number of likely N-dealkylation sites (tertiary alicyclic amines) is 1. The number of amides is 2. The van der Waals surface area contributed by atoms with Crippen molar-refractivity contribution in [2.75, 3.05) is 27.3 Å². The van der Waals surface area contributed by atoms with Crippen LogP contribution in [0.1, 0.15) is 44.7 Å². The number of benzene rings is 1. The zero-order valence-corrected chi connectivity index (χ0v) is 15.5. The Morgan fingerprint density at radius 1 is 1.28 bits per heavy atom. The Morgan fingerprint density at radius 2 is 2.04 bits per heavy atom. The van der Waals surface area contributed by atoms with Crippen LogP contribution in [0.2, 0.25) is 0 Å². The van der Waals surface area contributed by atoms with Crippen molar-refractivity contribution in [1.29, 1.82) is 0 Å². The van der Waals surface area contributed by atoms with E-state index in [4.69, 9.17) is 9.47 Å². The molecule has 1 heterocycles. The highest BCUT2D eigenvalue weighted by atomic mass is 16.5. The second kappa shape index (κ2) is 8.74. The summed E-state index contributed by atoms with van der Waals surface area (Å²) in [6.07, 6.45) is 1.82. The predicted molar refractivity (Wildman–Crippen MR) is 95.7 cm³/mol. The molecular formula is C19H28N2O4. The molecular weight excluding hydrogens is 320 g/mol. The Hall–Kier alpha value is -2.24. The maximum atomic E-state index is 12.7. The summed E-state index contributed by atoms with van der Waals surface area (Å²) in [4.78, 5) is 26.9. The summed E-state index contributed by atoms with van der Waals surface area (Å²) in [7, 11) is 3.18. The van der Waals surface area contributed by atoms with Gasteiger partial charge in [0.25, 0.3) is 0 Å². The number of carbonyl (C=O) groups is 2. The molecule has 0 saturated carbocycles. The number of nitrogens with zero attached hydrogens (tertiary/aromatic N) is 1. The van der Waals surface area contributed by atoms with Crippen LogP contribution in [0, 0.1) is 5.92 Å². The summed E-state index contributed by atoms with van der Waals surface area (Å²) in [5.41, 5.74) is 0.842. The molecule has 25 heavy (non-hydrogen) atoms. The topological polar surface area (TPSA) is 67.9 Å². The standard InChI is InChI=1S/C19H28N2O4/c1-5-11-20-19(23)15-9-10-17(22)21(6-2)18(15)14-8-7-13(24-3)12-16(14)25-4/h7-8,12,15,18H,5-6,9-11H2,1-4H3,(H,20,23)/t15-,18+/m1/s1. The highest BCUT2D eigenvalue weighted by Crippen LogP contribution is 2.41. The van der Waals surface area contributed by atoms with Gasteiger partial charge in [0, 0.05) is 31.1 Å². The molecule has 2 rings (SSSR count). The first kappa shape index (κ1) is 19.1. The number of methoxy groups -OCH3 is 2. The number of hydrogen-bond donors (Lipinski definition) is 1. The summed E-state index contributed by atoms with van der Waals surface area (Å²) in [5, 5.41) is 2.98. The highest BCUT2D eigenvalue weighted by Gasteiger charge is 2.41. The minimum Gasteiger partial charge on any atom is -0.497 e. The van der Waals surface area contributed by atoms with Gasteiger partial charge in [0.15, 0.2) is 0 Å². The van der Waals surface area contributed by atoms with Gasteiger partial charge in [-0.1, -0.05) is 6.92 Å². The van der Waals surface area contributed by atoms with Crippen LogP contribution in [-0.4, -0.2) is 44.0 Å². The largest absolute Gasteiger partial charge is 0.497 e.